The van der Waals surface area contributed by atoms with Crippen LogP contribution in [0, 0.1) is 5.92 Å². The second kappa shape index (κ2) is 5.90. The van der Waals surface area contributed by atoms with Crippen molar-refractivity contribution in [3.05, 3.63) is 0 Å². The third-order valence-corrected chi connectivity index (χ3v) is 3.37. The van der Waals surface area contributed by atoms with E-state index >= 15 is 0 Å². The van der Waals surface area contributed by atoms with E-state index in [1.54, 1.807) is 0 Å². The van der Waals surface area contributed by atoms with Crippen molar-refractivity contribution in [1.82, 2.24) is 5.32 Å². The Balaban J connectivity index is 1.96. The van der Waals surface area contributed by atoms with E-state index in [-0.39, 0.29) is 0 Å². The van der Waals surface area contributed by atoms with Crippen molar-refractivity contribution in [2.24, 2.45) is 5.92 Å². The van der Waals surface area contributed by atoms with Crippen LogP contribution in [0.15, 0.2) is 0 Å². The Kier molecular flexibility index (Phi) is 5.04. The van der Waals surface area contributed by atoms with Crippen LogP contribution in [0.2, 0.25) is 0 Å². The lowest BCUT2D eigenvalue weighted by molar-refractivity contribution is 0.440. The molecule has 0 amide bonds. The highest BCUT2D eigenvalue weighted by atomic mass is 32.2. The van der Waals surface area contributed by atoms with E-state index in [1.807, 2.05) is 0 Å². The second-order valence-electron chi connectivity index (χ2n) is 3.20. The number of rotatable bonds is 4. The Labute approximate surface area is 74.3 Å². The van der Waals surface area contributed by atoms with Gasteiger partial charge in [0.05, 0.1) is 0 Å². The summed E-state index contributed by atoms with van der Waals surface area (Å²) in [5.41, 5.74) is 0. The van der Waals surface area contributed by atoms with E-state index < -0.39 is 0 Å². The third-order valence-electron chi connectivity index (χ3n) is 2.32. The summed E-state index contributed by atoms with van der Waals surface area (Å²) in [5.74, 6) is 3.82. The molecule has 1 nitrogen and oxygen atoms in total. The molecule has 1 rings (SSSR count). The van der Waals surface area contributed by atoms with Crippen LogP contribution in [0.4, 0.5) is 0 Å². The number of nitrogens with one attached hydrogen (secondary N) is 1. The van der Waals surface area contributed by atoms with Crippen molar-refractivity contribution in [3.8, 4) is 0 Å². The topological polar surface area (TPSA) is 12.0 Å². The van der Waals surface area contributed by atoms with Gasteiger partial charge in [-0.05, 0) is 49.8 Å². The Morgan fingerprint density at radius 3 is 2.73 bits per heavy atom. The minimum atomic E-state index is 1.02. The molecule has 0 aliphatic carbocycles. The highest BCUT2D eigenvalue weighted by Crippen LogP contribution is 2.24. The Morgan fingerprint density at radius 1 is 1.36 bits per heavy atom. The average molecular weight is 173 g/mol. The Hall–Kier alpha value is 0.310. The summed E-state index contributed by atoms with van der Waals surface area (Å²) in [6.07, 6.45) is 4.31. The second-order valence-corrected chi connectivity index (χ2v) is 4.42. The van der Waals surface area contributed by atoms with Gasteiger partial charge in [0.2, 0.25) is 0 Å². The van der Waals surface area contributed by atoms with Crippen LogP contribution in [0.3, 0.4) is 0 Å². The van der Waals surface area contributed by atoms with Crippen molar-refractivity contribution in [2.45, 2.75) is 26.2 Å². The molecule has 2 heteroatoms. The van der Waals surface area contributed by atoms with Gasteiger partial charge < -0.3 is 5.32 Å². The zero-order chi connectivity index (χ0) is 7.94. The lowest BCUT2D eigenvalue weighted by Gasteiger charge is -2.20. The molecule has 1 aliphatic rings. The van der Waals surface area contributed by atoms with Gasteiger partial charge in [0.15, 0.2) is 0 Å². The lowest BCUT2D eigenvalue weighted by Crippen LogP contribution is -2.19. The molecule has 0 spiro atoms. The summed E-state index contributed by atoms with van der Waals surface area (Å²) in [7, 11) is 0. The molecule has 66 valence electrons. The molecule has 1 fully saturated rings. The van der Waals surface area contributed by atoms with Crippen molar-refractivity contribution < 1.29 is 0 Å². The minimum Gasteiger partial charge on any atom is -0.317 e. The molecular weight excluding hydrogens is 154 g/mol. The van der Waals surface area contributed by atoms with Gasteiger partial charge in [0, 0.05) is 0 Å². The summed E-state index contributed by atoms with van der Waals surface area (Å²) in [4.78, 5) is 0. The van der Waals surface area contributed by atoms with Gasteiger partial charge in [-0.15, -0.1) is 0 Å². The van der Waals surface area contributed by atoms with Crippen molar-refractivity contribution >= 4 is 11.8 Å². The maximum absolute atomic E-state index is 3.39. The molecule has 11 heavy (non-hydrogen) atoms. The minimum absolute atomic E-state index is 1.02. The van der Waals surface area contributed by atoms with Gasteiger partial charge in [-0.2, -0.15) is 11.8 Å². The lowest BCUT2D eigenvalue weighted by atomic mass is 9.99. The normalized spacial score (nSPS) is 20.5. The number of hydrogen-bond acceptors (Lipinski definition) is 2. The smallest absolute Gasteiger partial charge is 0.00464 e. The van der Waals surface area contributed by atoms with E-state index in [2.05, 4.69) is 24.0 Å². The van der Waals surface area contributed by atoms with Crippen LogP contribution in [0.1, 0.15) is 26.2 Å². The maximum Gasteiger partial charge on any atom is -0.00464 e. The summed E-state index contributed by atoms with van der Waals surface area (Å²) in [6, 6.07) is 0. The fraction of sp³-hybridized carbons (Fsp3) is 1.00. The summed E-state index contributed by atoms with van der Waals surface area (Å²) in [5, 5.41) is 3.39. The highest BCUT2D eigenvalue weighted by molar-refractivity contribution is 7.99. The molecule has 0 aromatic carbocycles. The Morgan fingerprint density at radius 2 is 2.09 bits per heavy atom. The standard InChI is InChI=1S/C9H19NS/c1-2-10-6-3-9-4-7-11-8-5-9/h9-10H,2-8H2,1H3. The summed E-state index contributed by atoms with van der Waals surface area (Å²) >= 11 is 2.12. The van der Waals surface area contributed by atoms with Gasteiger partial charge in [-0.25, -0.2) is 0 Å². The van der Waals surface area contributed by atoms with Crippen LogP contribution in [-0.4, -0.2) is 24.6 Å². The zero-order valence-corrected chi connectivity index (χ0v) is 8.25. The van der Waals surface area contributed by atoms with Gasteiger partial charge in [0.1, 0.15) is 0 Å². The molecule has 1 saturated heterocycles. The molecule has 0 aromatic heterocycles. The number of hydrogen-bond donors (Lipinski definition) is 1. The third kappa shape index (κ3) is 4.02. The maximum atomic E-state index is 3.39. The van der Waals surface area contributed by atoms with E-state index in [4.69, 9.17) is 0 Å². The monoisotopic (exact) mass is 173 g/mol. The van der Waals surface area contributed by atoms with Crippen molar-refractivity contribution in [3.63, 3.8) is 0 Å². The summed E-state index contributed by atoms with van der Waals surface area (Å²) in [6.45, 7) is 4.53. The fourth-order valence-corrected chi connectivity index (χ4v) is 2.72. The van der Waals surface area contributed by atoms with E-state index in [1.165, 1.54) is 37.3 Å². The van der Waals surface area contributed by atoms with Crippen LogP contribution in [0.25, 0.3) is 0 Å². The van der Waals surface area contributed by atoms with Gasteiger partial charge >= 0.3 is 0 Å². The predicted molar refractivity (Wildman–Crippen MR) is 53.2 cm³/mol. The molecule has 0 aromatic rings. The quantitative estimate of drug-likeness (QED) is 0.654. The molecule has 1 heterocycles. The van der Waals surface area contributed by atoms with Gasteiger partial charge in [0.25, 0.3) is 0 Å². The fourth-order valence-electron chi connectivity index (χ4n) is 1.52. The number of thioether (sulfide) groups is 1. The first-order valence-corrected chi connectivity index (χ1v) is 5.87. The zero-order valence-electron chi connectivity index (χ0n) is 7.44. The molecule has 1 aliphatic heterocycles. The predicted octanol–water partition coefficient (Wildman–Crippen LogP) is 2.13. The molecule has 0 bridgehead atoms. The van der Waals surface area contributed by atoms with Gasteiger partial charge in [-0.3, -0.25) is 0 Å². The first-order chi connectivity index (χ1) is 5.43. The first kappa shape index (κ1) is 9.40. The molecule has 0 radical (unpaired) electrons. The summed E-state index contributed by atoms with van der Waals surface area (Å²) < 4.78 is 0. The van der Waals surface area contributed by atoms with Crippen molar-refractivity contribution in [2.75, 3.05) is 24.6 Å². The molecule has 0 unspecified atom stereocenters. The first-order valence-electron chi connectivity index (χ1n) is 4.72. The highest BCUT2D eigenvalue weighted by Gasteiger charge is 2.12. The van der Waals surface area contributed by atoms with Gasteiger partial charge in [-0.1, -0.05) is 6.92 Å². The van der Waals surface area contributed by atoms with Crippen LogP contribution < -0.4 is 5.32 Å². The Bertz CT molecular complexity index is 89.6. The SMILES string of the molecule is CCNCCC1CCSCC1. The molecule has 0 atom stereocenters. The van der Waals surface area contributed by atoms with E-state index in [0.717, 1.165) is 12.5 Å². The largest absolute Gasteiger partial charge is 0.317 e. The van der Waals surface area contributed by atoms with Crippen LogP contribution >= 0.6 is 11.8 Å². The van der Waals surface area contributed by atoms with Crippen LogP contribution in [-0.2, 0) is 0 Å². The molecule has 1 N–H and O–H groups in total. The van der Waals surface area contributed by atoms with Crippen LogP contribution in [0.5, 0.6) is 0 Å². The average Bonchev–Trinajstić information content (AvgIpc) is 2.07. The van der Waals surface area contributed by atoms with Crippen molar-refractivity contribution in [1.29, 1.82) is 0 Å². The van der Waals surface area contributed by atoms with E-state index in [9.17, 15) is 0 Å². The van der Waals surface area contributed by atoms with E-state index in [0.29, 0.717) is 0 Å². The molecule has 0 saturated carbocycles. The molecular formula is C9H19NS.